The molecule has 0 aliphatic heterocycles. The summed E-state index contributed by atoms with van der Waals surface area (Å²) in [5.41, 5.74) is 2.78. The second-order valence-corrected chi connectivity index (χ2v) is 5.56. The number of hydrogen-bond acceptors (Lipinski definition) is 3. The minimum absolute atomic E-state index is 0.564. The van der Waals surface area contributed by atoms with Crippen LogP contribution in [0.2, 0.25) is 0 Å². The van der Waals surface area contributed by atoms with E-state index in [0.717, 1.165) is 32.0 Å². The molecule has 1 aliphatic rings. The molecular weight excluding hydrogens is 238 g/mol. The van der Waals surface area contributed by atoms with Crippen LogP contribution in [0.25, 0.3) is 0 Å². The van der Waals surface area contributed by atoms with E-state index in [0.29, 0.717) is 6.04 Å². The molecule has 0 amide bonds. The van der Waals surface area contributed by atoms with Crippen molar-refractivity contribution in [3.63, 3.8) is 0 Å². The van der Waals surface area contributed by atoms with Crippen molar-refractivity contribution in [3.8, 4) is 0 Å². The van der Waals surface area contributed by atoms with Gasteiger partial charge in [-0.2, -0.15) is 5.10 Å². The molecule has 1 aromatic rings. The van der Waals surface area contributed by atoms with Crippen molar-refractivity contribution in [2.45, 2.75) is 52.1 Å². The molecule has 4 nitrogen and oxygen atoms in total. The van der Waals surface area contributed by atoms with E-state index in [1.54, 1.807) is 7.11 Å². The van der Waals surface area contributed by atoms with Gasteiger partial charge in [0.25, 0.3) is 0 Å². The quantitative estimate of drug-likeness (QED) is 0.697. The molecule has 1 aromatic heterocycles. The first kappa shape index (κ1) is 14.5. The van der Waals surface area contributed by atoms with Gasteiger partial charge >= 0.3 is 0 Å². The molecule has 1 saturated carbocycles. The van der Waals surface area contributed by atoms with Crippen molar-refractivity contribution >= 4 is 0 Å². The van der Waals surface area contributed by atoms with Gasteiger partial charge in [-0.15, -0.1) is 0 Å². The first-order valence-electron chi connectivity index (χ1n) is 7.52. The van der Waals surface area contributed by atoms with Crippen molar-refractivity contribution in [2.24, 2.45) is 5.92 Å². The fourth-order valence-electron chi connectivity index (χ4n) is 2.61. The molecule has 1 unspecified atom stereocenters. The molecule has 1 heterocycles. The Kier molecular flexibility index (Phi) is 5.40. The Morgan fingerprint density at radius 3 is 2.95 bits per heavy atom. The van der Waals surface area contributed by atoms with Crippen LogP contribution in [0.4, 0.5) is 0 Å². The minimum Gasteiger partial charge on any atom is -0.383 e. The summed E-state index contributed by atoms with van der Waals surface area (Å²) in [6.07, 6.45) is 7.08. The van der Waals surface area contributed by atoms with E-state index in [9.17, 15) is 0 Å². The Bertz CT molecular complexity index is 385. The molecular formula is C15H27N3O. The predicted molar refractivity (Wildman–Crippen MR) is 77.2 cm³/mol. The highest BCUT2D eigenvalue weighted by Gasteiger charge is 2.31. The van der Waals surface area contributed by atoms with E-state index in [-0.39, 0.29) is 0 Å². The number of nitrogens with zero attached hydrogens (tertiary/aromatic N) is 2. The lowest BCUT2D eigenvalue weighted by atomic mass is 10.1. The Hall–Kier alpha value is -0.870. The molecule has 2 rings (SSSR count). The lowest BCUT2D eigenvalue weighted by molar-refractivity contribution is 0.199. The Morgan fingerprint density at radius 1 is 1.53 bits per heavy atom. The number of rotatable bonds is 9. The molecule has 0 spiro atoms. The van der Waals surface area contributed by atoms with E-state index in [2.05, 4.69) is 28.9 Å². The monoisotopic (exact) mass is 265 g/mol. The number of ether oxygens (including phenoxy) is 1. The van der Waals surface area contributed by atoms with Crippen LogP contribution < -0.4 is 5.32 Å². The molecule has 0 radical (unpaired) electrons. The summed E-state index contributed by atoms with van der Waals surface area (Å²) in [5.74, 6) is 0.852. The lowest BCUT2D eigenvalue weighted by Gasteiger charge is -2.16. The molecule has 1 atom stereocenters. The second-order valence-electron chi connectivity index (χ2n) is 5.56. The zero-order valence-corrected chi connectivity index (χ0v) is 12.5. The van der Waals surface area contributed by atoms with Crippen molar-refractivity contribution in [1.82, 2.24) is 15.1 Å². The highest BCUT2D eigenvalue weighted by atomic mass is 16.5. The van der Waals surface area contributed by atoms with Gasteiger partial charge in [-0.1, -0.05) is 13.3 Å². The average Bonchev–Trinajstić information content (AvgIpc) is 3.18. The zero-order valence-electron chi connectivity index (χ0n) is 12.5. The van der Waals surface area contributed by atoms with Gasteiger partial charge < -0.3 is 10.1 Å². The number of hydrogen-bond donors (Lipinski definition) is 1. The molecule has 0 bridgehead atoms. The van der Waals surface area contributed by atoms with Crippen LogP contribution in [-0.2, 0) is 17.7 Å². The van der Waals surface area contributed by atoms with Crippen LogP contribution in [0.3, 0.4) is 0 Å². The molecule has 0 aromatic carbocycles. The van der Waals surface area contributed by atoms with Crippen LogP contribution >= 0.6 is 0 Å². The Balaban J connectivity index is 2.00. The lowest BCUT2D eigenvalue weighted by Crippen LogP contribution is -2.20. The van der Waals surface area contributed by atoms with Crippen LogP contribution in [0.5, 0.6) is 0 Å². The van der Waals surface area contributed by atoms with Gasteiger partial charge in [0.15, 0.2) is 0 Å². The van der Waals surface area contributed by atoms with Gasteiger partial charge in [-0.3, -0.25) is 4.68 Å². The van der Waals surface area contributed by atoms with Crippen molar-refractivity contribution in [1.29, 1.82) is 0 Å². The largest absolute Gasteiger partial charge is 0.383 e. The molecule has 108 valence electrons. The maximum Gasteiger partial charge on any atom is 0.0587 e. The third-order valence-electron chi connectivity index (χ3n) is 3.96. The summed E-state index contributed by atoms with van der Waals surface area (Å²) in [5, 5.41) is 8.06. The van der Waals surface area contributed by atoms with Gasteiger partial charge in [0.05, 0.1) is 18.8 Å². The minimum atomic E-state index is 0.564. The van der Waals surface area contributed by atoms with Crippen LogP contribution in [0, 0.1) is 5.92 Å². The van der Waals surface area contributed by atoms with Crippen LogP contribution in [-0.4, -0.2) is 30.0 Å². The zero-order chi connectivity index (χ0) is 13.7. The van der Waals surface area contributed by atoms with E-state index in [4.69, 9.17) is 4.74 Å². The molecule has 4 heteroatoms. The SMILES string of the molecule is CCCc1c(CNCCOC)cnn1C(C)C1CC1. The molecule has 19 heavy (non-hydrogen) atoms. The molecule has 0 saturated heterocycles. The molecule has 1 N–H and O–H groups in total. The summed E-state index contributed by atoms with van der Waals surface area (Å²) >= 11 is 0. The predicted octanol–water partition coefficient (Wildman–Crippen LogP) is 2.54. The number of methoxy groups -OCH3 is 1. The maximum atomic E-state index is 5.06. The fourth-order valence-corrected chi connectivity index (χ4v) is 2.61. The third kappa shape index (κ3) is 3.80. The Morgan fingerprint density at radius 2 is 2.32 bits per heavy atom. The number of nitrogens with one attached hydrogen (secondary N) is 1. The van der Waals surface area contributed by atoms with Gasteiger partial charge in [-0.05, 0) is 32.1 Å². The average molecular weight is 265 g/mol. The van der Waals surface area contributed by atoms with Crippen LogP contribution in [0.1, 0.15) is 50.4 Å². The molecule has 1 aliphatic carbocycles. The second kappa shape index (κ2) is 7.06. The summed E-state index contributed by atoms with van der Waals surface area (Å²) in [4.78, 5) is 0. The molecule has 1 fully saturated rings. The summed E-state index contributed by atoms with van der Waals surface area (Å²) in [6.45, 7) is 7.10. The summed E-state index contributed by atoms with van der Waals surface area (Å²) in [7, 11) is 1.74. The van der Waals surface area contributed by atoms with Gasteiger partial charge in [0.2, 0.25) is 0 Å². The normalized spacial score (nSPS) is 16.8. The summed E-state index contributed by atoms with van der Waals surface area (Å²) in [6, 6.07) is 0.564. The number of aromatic nitrogens is 2. The van der Waals surface area contributed by atoms with Crippen molar-refractivity contribution in [3.05, 3.63) is 17.5 Å². The first-order chi connectivity index (χ1) is 9.27. The van der Waals surface area contributed by atoms with E-state index in [1.807, 2.05) is 6.20 Å². The van der Waals surface area contributed by atoms with Crippen molar-refractivity contribution < 1.29 is 4.74 Å². The van der Waals surface area contributed by atoms with E-state index >= 15 is 0 Å². The van der Waals surface area contributed by atoms with E-state index < -0.39 is 0 Å². The van der Waals surface area contributed by atoms with Crippen molar-refractivity contribution in [2.75, 3.05) is 20.3 Å². The maximum absolute atomic E-state index is 5.06. The van der Waals surface area contributed by atoms with E-state index in [1.165, 1.54) is 30.5 Å². The Labute approximate surface area is 116 Å². The van der Waals surface area contributed by atoms with Crippen LogP contribution in [0.15, 0.2) is 6.20 Å². The highest BCUT2D eigenvalue weighted by molar-refractivity contribution is 5.19. The highest BCUT2D eigenvalue weighted by Crippen LogP contribution is 2.39. The van der Waals surface area contributed by atoms with Gasteiger partial charge in [-0.25, -0.2) is 0 Å². The smallest absolute Gasteiger partial charge is 0.0587 e. The first-order valence-corrected chi connectivity index (χ1v) is 7.52. The standard InChI is InChI=1S/C15H27N3O/c1-4-5-15-14(10-16-8-9-19-3)11-17-18(15)12(2)13-6-7-13/h11-13,16H,4-10H2,1-3H3. The fraction of sp³-hybridized carbons (Fsp3) is 0.800. The summed E-state index contributed by atoms with van der Waals surface area (Å²) < 4.78 is 7.33. The topological polar surface area (TPSA) is 39.1 Å². The van der Waals surface area contributed by atoms with Gasteiger partial charge in [0.1, 0.15) is 0 Å². The van der Waals surface area contributed by atoms with Gasteiger partial charge in [0, 0.05) is 31.5 Å². The third-order valence-corrected chi connectivity index (χ3v) is 3.96.